The number of amides is 1. The summed E-state index contributed by atoms with van der Waals surface area (Å²) in [6.07, 6.45) is 5.11. The van der Waals surface area contributed by atoms with Crippen LogP contribution in [0.1, 0.15) is 38.2 Å². The van der Waals surface area contributed by atoms with Crippen LogP contribution in [0.3, 0.4) is 0 Å². The molecule has 0 aromatic heterocycles. The molecule has 0 aliphatic carbocycles. The van der Waals surface area contributed by atoms with Gasteiger partial charge in [-0.1, -0.05) is 55.8 Å². The lowest BCUT2D eigenvalue weighted by molar-refractivity contribution is -0.120. The van der Waals surface area contributed by atoms with Crippen molar-refractivity contribution in [3.05, 3.63) is 48.0 Å². The van der Waals surface area contributed by atoms with Gasteiger partial charge in [-0.15, -0.1) is 0 Å². The highest BCUT2D eigenvalue weighted by Crippen LogP contribution is 2.17. The third kappa shape index (κ3) is 4.37. The monoisotopic (exact) mass is 269 g/mol. The average molecular weight is 269 g/mol. The first-order valence-corrected chi connectivity index (χ1v) is 7.54. The summed E-state index contributed by atoms with van der Waals surface area (Å²) in [6, 6.07) is 15.2. The highest BCUT2D eigenvalue weighted by atomic mass is 16.1. The summed E-state index contributed by atoms with van der Waals surface area (Å²) >= 11 is 0. The van der Waals surface area contributed by atoms with E-state index in [1.165, 1.54) is 22.8 Å². The Labute approximate surface area is 121 Å². The van der Waals surface area contributed by atoms with Crippen molar-refractivity contribution >= 4 is 16.7 Å². The van der Waals surface area contributed by atoms with Gasteiger partial charge in [0.15, 0.2) is 0 Å². The van der Waals surface area contributed by atoms with Crippen LogP contribution in [0, 0.1) is 0 Å². The van der Waals surface area contributed by atoms with E-state index in [9.17, 15) is 4.79 Å². The first-order chi connectivity index (χ1) is 9.79. The molecule has 0 unspecified atom stereocenters. The quantitative estimate of drug-likeness (QED) is 0.754. The summed E-state index contributed by atoms with van der Waals surface area (Å²) < 4.78 is 0. The van der Waals surface area contributed by atoms with Gasteiger partial charge in [-0.3, -0.25) is 4.79 Å². The molecule has 0 fully saturated rings. The Hall–Kier alpha value is -1.83. The molecule has 0 aliphatic rings. The van der Waals surface area contributed by atoms with Gasteiger partial charge >= 0.3 is 0 Å². The highest BCUT2D eigenvalue weighted by molar-refractivity contribution is 5.82. The Morgan fingerprint density at radius 3 is 2.60 bits per heavy atom. The summed E-state index contributed by atoms with van der Waals surface area (Å²) in [5.41, 5.74) is 1.40. The highest BCUT2D eigenvalue weighted by Gasteiger charge is 1.98. The number of hydrogen-bond donors (Lipinski definition) is 1. The SMILES string of the molecule is CCC(=O)NCCCCCc1ccc2ccccc2c1. The van der Waals surface area contributed by atoms with Crippen LogP contribution in [-0.2, 0) is 11.2 Å². The van der Waals surface area contributed by atoms with Crippen molar-refractivity contribution in [1.82, 2.24) is 5.32 Å². The number of fused-ring (bicyclic) bond motifs is 1. The fourth-order valence-corrected chi connectivity index (χ4v) is 2.38. The lowest BCUT2D eigenvalue weighted by atomic mass is 10.0. The van der Waals surface area contributed by atoms with Gasteiger partial charge in [-0.2, -0.15) is 0 Å². The van der Waals surface area contributed by atoms with Gasteiger partial charge < -0.3 is 5.32 Å². The molecule has 0 atom stereocenters. The molecule has 0 bridgehead atoms. The molecular formula is C18H23NO. The molecule has 2 nitrogen and oxygen atoms in total. The Kier molecular flexibility index (Phi) is 5.60. The standard InChI is InChI=1S/C18H23NO/c1-2-18(20)19-13-7-3-4-8-15-11-12-16-9-5-6-10-17(16)14-15/h5-6,9-12,14H,2-4,7-8,13H2,1H3,(H,19,20). The molecule has 0 saturated heterocycles. The zero-order valence-electron chi connectivity index (χ0n) is 12.2. The van der Waals surface area contributed by atoms with Crippen molar-refractivity contribution < 1.29 is 4.79 Å². The predicted octanol–water partition coefficient (Wildman–Crippen LogP) is 4.08. The van der Waals surface area contributed by atoms with E-state index in [0.29, 0.717) is 6.42 Å². The van der Waals surface area contributed by atoms with Crippen LogP contribution in [-0.4, -0.2) is 12.5 Å². The molecule has 1 N–H and O–H groups in total. The number of aryl methyl sites for hydroxylation is 1. The summed E-state index contributed by atoms with van der Waals surface area (Å²) in [4.78, 5) is 11.1. The number of nitrogens with one attached hydrogen (secondary N) is 1. The number of benzene rings is 2. The van der Waals surface area contributed by atoms with Crippen LogP contribution in [0.4, 0.5) is 0 Å². The average Bonchev–Trinajstić information content (AvgIpc) is 2.50. The lowest BCUT2D eigenvalue weighted by Crippen LogP contribution is -2.23. The predicted molar refractivity (Wildman–Crippen MR) is 84.8 cm³/mol. The molecule has 2 heteroatoms. The smallest absolute Gasteiger partial charge is 0.219 e. The fourth-order valence-electron chi connectivity index (χ4n) is 2.38. The third-order valence-electron chi connectivity index (χ3n) is 3.60. The summed E-state index contributed by atoms with van der Waals surface area (Å²) in [5.74, 6) is 0.152. The van der Waals surface area contributed by atoms with E-state index < -0.39 is 0 Å². The molecule has 0 radical (unpaired) electrons. The number of carbonyl (C=O) groups is 1. The van der Waals surface area contributed by atoms with Crippen LogP contribution >= 0.6 is 0 Å². The minimum Gasteiger partial charge on any atom is -0.356 e. The van der Waals surface area contributed by atoms with E-state index >= 15 is 0 Å². The molecule has 0 aliphatic heterocycles. The summed E-state index contributed by atoms with van der Waals surface area (Å²) in [7, 11) is 0. The molecule has 2 aromatic rings. The van der Waals surface area contributed by atoms with Gasteiger partial charge in [0, 0.05) is 13.0 Å². The van der Waals surface area contributed by atoms with Crippen LogP contribution in [0.15, 0.2) is 42.5 Å². The second kappa shape index (κ2) is 7.68. The van der Waals surface area contributed by atoms with Crippen LogP contribution < -0.4 is 5.32 Å². The van der Waals surface area contributed by atoms with Crippen molar-refractivity contribution in [3.8, 4) is 0 Å². The molecule has 0 spiro atoms. The van der Waals surface area contributed by atoms with Gasteiger partial charge in [0.25, 0.3) is 0 Å². The second-order valence-electron chi connectivity index (χ2n) is 5.20. The largest absolute Gasteiger partial charge is 0.356 e. The fraction of sp³-hybridized carbons (Fsp3) is 0.389. The number of hydrogen-bond acceptors (Lipinski definition) is 1. The van der Waals surface area contributed by atoms with Gasteiger partial charge in [-0.05, 0) is 35.6 Å². The van der Waals surface area contributed by atoms with E-state index in [1.807, 2.05) is 6.92 Å². The molecule has 20 heavy (non-hydrogen) atoms. The zero-order valence-corrected chi connectivity index (χ0v) is 12.2. The first kappa shape index (κ1) is 14.6. The molecule has 0 saturated carbocycles. The van der Waals surface area contributed by atoms with Gasteiger partial charge in [-0.25, -0.2) is 0 Å². The number of carbonyl (C=O) groups excluding carboxylic acids is 1. The number of unbranched alkanes of at least 4 members (excludes halogenated alkanes) is 2. The van der Waals surface area contributed by atoms with Crippen LogP contribution in [0.25, 0.3) is 10.8 Å². The molecule has 1 amide bonds. The first-order valence-electron chi connectivity index (χ1n) is 7.54. The Morgan fingerprint density at radius 1 is 1.00 bits per heavy atom. The normalized spacial score (nSPS) is 10.7. The topological polar surface area (TPSA) is 29.1 Å². The third-order valence-corrected chi connectivity index (χ3v) is 3.60. The van der Waals surface area contributed by atoms with Crippen LogP contribution in [0.2, 0.25) is 0 Å². The van der Waals surface area contributed by atoms with Crippen molar-refractivity contribution in [2.24, 2.45) is 0 Å². The second-order valence-corrected chi connectivity index (χ2v) is 5.20. The zero-order chi connectivity index (χ0) is 14.2. The number of rotatable bonds is 7. The van der Waals surface area contributed by atoms with Gasteiger partial charge in [0.1, 0.15) is 0 Å². The summed E-state index contributed by atoms with van der Waals surface area (Å²) in [6.45, 7) is 2.69. The lowest BCUT2D eigenvalue weighted by Gasteiger charge is -2.05. The maximum Gasteiger partial charge on any atom is 0.219 e. The Morgan fingerprint density at radius 2 is 1.80 bits per heavy atom. The molecule has 2 rings (SSSR count). The molecule has 106 valence electrons. The van der Waals surface area contributed by atoms with Crippen LogP contribution in [0.5, 0.6) is 0 Å². The maximum absolute atomic E-state index is 11.1. The molecular weight excluding hydrogens is 246 g/mol. The van der Waals surface area contributed by atoms with Gasteiger partial charge in [0.05, 0.1) is 0 Å². The Balaban J connectivity index is 1.72. The molecule has 0 heterocycles. The van der Waals surface area contributed by atoms with Crippen molar-refractivity contribution in [3.63, 3.8) is 0 Å². The summed E-state index contributed by atoms with van der Waals surface area (Å²) in [5, 5.41) is 5.54. The minimum atomic E-state index is 0.152. The van der Waals surface area contributed by atoms with Crippen molar-refractivity contribution in [1.29, 1.82) is 0 Å². The Bertz CT molecular complexity index is 562. The maximum atomic E-state index is 11.1. The molecule has 2 aromatic carbocycles. The van der Waals surface area contributed by atoms with E-state index in [-0.39, 0.29) is 5.91 Å². The van der Waals surface area contributed by atoms with E-state index in [0.717, 1.165) is 25.8 Å². The van der Waals surface area contributed by atoms with E-state index in [1.54, 1.807) is 0 Å². The minimum absolute atomic E-state index is 0.152. The van der Waals surface area contributed by atoms with Crippen molar-refractivity contribution in [2.75, 3.05) is 6.54 Å². The van der Waals surface area contributed by atoms with E-state index in [2.05, 4.69) is 47.8 Å². The van der Waals surface area contributed by atoms with Crippen molar-refractivity contribution in [2.45, 2.75) is 39.0 Å². The van der Waals surface area contributed by atoms with E-state index in [4.69, 9.17) is 0 Å². The van der Waals surface area contributed by atoms with Gasteiger partial charge in [0.2, 0.25) is 5.91 Å².